The molecule has 10 rings (SSSR count). The highest BCUT2D eigenvalue weighted by molar-refractivity contribution is 6.18. The second-order valence-corrected chi connectivity index (χ2v) is 16.6. The van der Waals surface area contributed by atoms with Crippen LogP contribution in [0.4, 0.5) is 17.1 Å². The lowest BCUT2D eigenvalue weighted by Crippen LogP contribution is -2.15. The van der Waals surface area contributed by atoms with Gasteiger partial charge in [0.2, 0.25) is 0 Å². The van der Waals surface area contributed by atoms with E-state index < -0.39 is 0 Å². The third-order valence-electron chi connectivity index (χ3n) is 11.9. The number of benzene rings is 8. The van der Waals surface area contributed by atoms with E-state index in [-0.39, 0.29) is 10.8 Å². The highest BCUT2D eigenvalue weighted by Gasteiger charge is 2.36. The van der Waals surface area contributed by atoms with E-state index >= 15 is 0 Å². The second-order valence-electron chi connectivity index (χ2n) is 16.6. The van der Waals surface area contributed by atoms with Crippen molar-refractivity contribution in [3.8, 4) is 33.4 Å². The Hall–Kier alpha value is -6.38. The fourth-order valence-corrected chi connectivity index (χ4v) is 8.95. The van der Waals surface area contributed by atoms with Gasteiger partial charge in [-0.1, -0.05) is 162 Å². The Balaban J connectivity index is 1.23. The zero-order chi connectivity index (χ0) is 37.5. The summed E-state index contributed by atoms with van der Waals surface area (Å²) in [6.45, 7) is 11.5. The van der Waals surface area contributed by atoms with Crippen molar-refractivity contribution in [1.82, 2.24) is 0 Å². The van der Waals surface area contributed by atoms with Gasteiger partial charge in [-0.25, -0.2) is 0 Å². The summed E-state index contributed by atoms with van der Waals surface area (Å²) in [6, 6.07) is 62.3. The first-order valence-electron chi connectivity index (χ1n) is 19.3. The number of anilines is 3. The molecule has 8 aromatic carbocycles. The maximum Gasteiger partial charge on any atom is 0.136 e. The largest absolute Gasteiger partial charge is 0.456 e. The van der Waals surface area contributed by atoms with Crippen molar-refractivity contribution in [2.45, 2.75) is 45.4 Å². The van der Waals surface area contributed by atoms with Gasteiger partial charge in [-0.05, 0) is 103 Å². The molecule has 1 aliphatic rings. The Morgan fingerprint density at radius 1 is 0.491 bits per heavy atom. The van der Waals surface area contributed by atoms with Crippen LogP contribution >= 0.6 is 0 Å². The number of rotatable bonds is 5. The molecule has 0 saturated carbocycles. The number of furan rings is 1. The van der Waals surface area contributed by atoms with Gasteiger partial charge in [0.25, 0.3) is 0 Å². The molecule has 266 valence electrons. The van der Waals surface area contributed by atoms with Crippen LogP contribution in [0.1, 0.15) is 51.3 Å². The summed E-state index contributed by atoms with van der Waals surface area (Å²) in [5.74, 6) is 0. The summed E-state index contributed by atoms with van der Waals surface area (Å²) >= 11 is 0. The Kier molecular flexibility index (Phi) is 7.44. The smallest absolute Gasteiger partial charge is 0.136 e. The van der Waals surface area contributed by atoms with Gasteiger partial charge < -0.3 is 9.32 Å². The van der Waals surface area contributed by atoms with Gasteiger partial charge in [-0.3, -0.25) is 0 Å². The molecule has 0 spiro atoms. The molecule has 0 aliphatic heterocycles. The van der Waals surface area contributed by atoms with Crippen LogP contribution in [0.5, 0.6) is 0 Å². The zero-order valence-electron chi connectivity index (χ0n) is 32.0. The van der Waals surface area contributed by atoms with Crippen molar-refractivity contribution in [1.29, 1.82) is 0 Å². The number of fused-ring (bicyclic) bond motifs is 7. The highest BCUT2D eigenvalue weighted by atomic mass is 16.3. The van der Waals surface area contributed by atoms with Gasteiger partial charge in [0.05, 0.1) is 5.69 Å². The Bertz CT molecular complexity index is 2920. The quantitative estimate of drug-likeness (QED) is 0.177. The first-order valence-corrected chi connectivity index (χ1v) is 19.3. The predicted molar refractivity (Wildman–Crippen MR) is 233 cm³/mol. The number of hydrogen-bond acceptors (Lipinski definition) is 2. The molecular formula is C53H43NO. The highest BCUT2D eigenvalue weighted by Crippen LogP contribution is 2.52. The minimum Gasteiger partial charge on any atom is -0.456 e. The van der Waals surface area contributed by atoms with Crippen molar-refractivity contribution in [3.05, 3.63) is 187 Å². The molecule has 0 atom stereocenters. The third kappa shape index (κ3) is 5.31. The van der Waals surface area contributed by atoms with E-state index in [9.17, 15) is 0 Å². The van der Waals surface area contributed by atoms with E-state index in [1.54, 1.807) is 0 Å². The molecule has 0 bridgehead atoms. The molecule has 55 heavy (non-hydrogen) atoms. The van der Waals surface area contributed by atoms with Gasteiger partial charge >= 0.3 is 0 Å². The SMILES string of the molecule is CC(C)(C)c1ccc(-c2ccc(N(c3ccc4c(c3)-c3ccccc3C4(C)C)c3ccc4ccccc4c3-c3cccc4oc5ccccc5c34)cc2)cc1. The van der Waals surface area contributed by atoms with E-state index in [1.807, 2.05) is 6.07 Å². The van der Waals surface area contributed by atoms with Crippen molar-refractivity contribution in [2.24, 2.45) is 0 Å². The van der Waals surface area contributed by atoms with Crippen molar-refractivity contribution in [2.75, 3.05) is 4.90 Å². The molecule has 0 saturated heterocycles. The molecule has 0 unspecified atom stereocenters. The molecule has 0 fully saturated rings. The summed E-state index contributed by atoms with van der Waals surface area (Å²) in [7, 11) is 0. The summed E-state index contributed by atoms with van der Waals surface area (Å²) in [6.07, 6.45) is 0. The average Bonchev–Trinajstić information content (AvgIpc) is 3.70. The molecule has 1 heterocycles. The average molecular weight is 710 g/mol. The summed E-state index contributed by atoms with van der Waals surface area (Å²) in [5.41, 5.74) is 16.6. The second kappa shape index (κ2) is 12.3. The molecule has 0 amide bonds. The van der Waals surface area contributed by atoms with E-state index in [4.69, 9.17) is 4.42 Å². The van der Waals surface area contributed by atoms with Gasteiger partial charge in [0.1, 0.15) is 11.2 Å². The van der Waals surface area contributed by atoms with Crippen molar-refractivity contribution in [3.63, 3.8) is 0 Å². The molecule has 0 N–H and O–H groups in total. The van der Waals surface area contributed by atoms with Crippen LogP contribution in [0.25, 0.3) is 66.1 Å². The monoisotopic (exact) mass is 709 g/mol. The minimum atomic E-state index is -0.0778. The Morgan fingerprint density at radius 2 is 1.11 bits per heavy atom. The number of para-hydroxylation sites is 1. The fourth-order valence-electron chi connectivity index (χ4n) is 8.95. The van der Waals surface area contributed by atoms with Crippen LogP contribution in [0.2, 0.25) is 0 Å². The summed E-state index contributed by atoms with van der Waals surface area (Å²) in [4.78, 5) is 2.46. The van der Waals surface area contributed by atoms with E-state index in [0.717, 1.165) is 44.6 Å². The summed E-state index contributed by atoms with van der Waals surface area (Å²) < 4.78 is 6.47. The standard InChI is InChI=1S/C53H43NO/c1-52(2,3)37-26-21-34(22-27-37)35-23-28-38(29-24-35)54(39-30-31-46-44(33-39)41-15-8-10-18-45(41)53(46,4)5)47-32-25-36-13-6-7-14-40(36)50(47)43-17-12-20-49-51(43)42-16-9-11-19-48(42)55-49/h6-33H,1-5H3. The number of hydrogen-bond donors (Lipinski definition) is 0. The van der Waals surface area contributed by atoms with Gasteiger partial charge in [-0.2, -0.15) is 0 Å². The van der Waals surface area contributed by atoms with E-state index in [2.05, 4.69) is 203 Å². The molecule has 9 aromatic rings. The normalized spacial score (nSPS) is 13.3. The lowest BCUT2D eigenvalue weighted by molar-refractivity contribution is 0.590. The molecule has 2 heteroatoms. The Morgan fingerprint density at radius 3 is 1.89 bits per heavy atom. The lowest BCUT2D eigenvalue weighted by atomic mass is 9.82. The molecule has 0 radical (unpaired) electrons. The fraction of sp³-hybridized carbons (Fsp3) is 0.132. The van der Waals surface area contributed by atoms with Crippen LogP contribution in [0.15, 0.2) is 174 Å². The van der Waals surface area contributed by atoms with Crippen molar-refractivity contribution >= 4 is 49.8 Å². The van der Waals surface area contributed by atoms with Crippen LogP contribution in [-0.4, -0.2) is 0 Å². The van der Waals surface area contributed by atoms with Gasteiger partial charge in [-0.15, -0.1) is 0 Å². The molecular weight excluding hydrogens is 667 g/mol. The van der Waals surface area contributed by atoms with Crippen LogP contribution in [0, 0.1) is 0 Å². The molecule has 2 nitrogen and oxygen atoms in total. The lowest BCUT2D eigenvalue weighted by Gasteiger charge is -2.30. The van der Waals surface area contributed by atoms with E-state index in [0.29, 0.717) is 0 Å². The third-order valence-corrected chi connectivity index (χ3v) is 11.9. The van der Waals surface area contributed by atoms with Crippen LogP contribution in [0.3, 0.4) is 0 Å². The number of nitrogens with zero attached hydrogens (tertiary/aromatic N) is 1. The maximum absolute atomic E-state index is 6.47. The topological polar surface area (TPSA) is 16.4 Å². The van der Waals surface area contributed by atoms with Gasteiger partial charge in [0, 0.05) is 33.1 Å². The van der Waals surface area contributed by atoms with Gasteiger partial charge in [0.15, 0.2) is 0 Å². The molecule has 1 aliphatic carbocycles. The Labute approximate surface area is 323 Å². The first-order chi connectivity index (χ1) is 26.7. The summed E-state index contributed by atoms with van der Waals surface area (Å²) in [5, 5.41) is 4.65. The van der Waals surface area contributed by atoms with Crippen molar-refractivity contribution < 1.29 is 4.42 Å². The minimum absolute atomic E-state index is 0.0778. The van der Waals surface area contributed by atoms with E-state index in [1.165, 1.54) is 55.3 Å². The van der Waals surface area contributed by atoms with Crippen LogP contribution < -0.4 is 4.90 Å². The predicted octanol–water partition coefficient (Wildman–Crippen LogP) is 15.1. The zero-order valence-corrected chi connectivity index (χ0v) is 32.0. The molecule has 1 aromatic heterocycles. The first kappa shape index (κ1) is 33.2. The van der Waals surface area contributed by atoms with Crippen LogP contribution in [-0.2, 0) is 10.8 Å². The maximum atomic E-state index is 6.47.